The minimum atomic E-state index is -0.640. The minimum Gasteiger partial charge on any atom is -0.492 e. The van der Waals surface area contributed by atoms with Crippen LogP contribution in [0.25, 0.3) is 0 Å². The van der Waals surface area contributed by atoms with E-state index in [2.05, 4.69) is 10.1 Å². The molecule has 5 nitrogen and oxygen atoms in total. The second-order valence-corrected chi connectivity index (χ2v) is 3.47. The number of halogens is 1. The average molecular weight is 260 g/mol. The molecule has 2 N–H and O–H groups in total. The SMILES string of the molecule is CCOc1ccc(NC(=O)OCCO)cc1Cl. The topological polar surface area (TPSA) is 67.8 Å². The van der Waals surface area contributed by atoms with Crippen LogP contribution in [-0.4, -0.2) is 31.0 Å². The van der Waals surface area contributed by atoms with Crippen LogP contribution in [0, 0.1) is 0 Å². The van der Waals surface area contributed by atoms with Crippen LogP contribution in [0.4, 0.5) is 10.5 Å². The lowest BCUT2D eigenvalue weighted by atomic mass is 10.3. The molecule has 1 amide bonds. The van der Waals surface area contributed by atoms with E-state index < -0.39 is 6.09 Å². The van der Waals surface area contributed by atoms with Gasteiger partial charge in [0.05, 0.1) is 18.2 Å². The Morgan fingerprint density at radius 2 is 2.29 bits per heavy atom. The van der Waals surface area contributed by atoms with Crippen molar-refractivity contribution < 1.29 is 19.4 Å². The van der Waals surface area contributed by atoms with Crippen LogP contribution < -0.4 is 10.1 Å². The number of hydrogen-bond donors (Lipinski definition) is 2. The lowest BCUT2D eigenvalue weighted by Gasteiger charge is -2.09. The van der Waals surface area contributed by atoms with Crippen molar-refractivity contribution in [2.45, 2.75) is 6.92 Å². The van der Waals surface area contributed by atoms with Gasteiger partial charge in [-0.2, -0.15) is 0 Å². The molecule has 1 rings (SSSR count). The number of nitrogens with one attached hydrogen (secondary N) is 1. The van der Waals surface area contributed by atoms with Crippen LogP contribution >= 0.6 is 11.6 Å². The third kappa shape index (κ3) is 4.50. The maximum atomic E-state index is 11.2. The number of benzene rings is 1. The van der Waals surface area contributed by atoms with E-state index in [4.69, 9.17) is 21.4 Å². The first-order valence-corrected chi connectivity index (χ1v) is 5.52. The lowest BCUT2D eigenvalue weighted by molar-refractivity contribution is 0.131. The van der Waals surface area contributed by atoms with Crippen LogP contribution in [0.15, 0.2) is 18.2 Å². The Labute approximate surface area is 104 Å². The summed E-state index contributed by atoms with van der Waals surface area (Å²) in [7, 11) is 0. The maximum absolute atomic E-state index is 11.2. The smallest absolute Gasteiger partial charge is 0.411 e. The Balaban J connectivity index is 2.60. The van der Waals surface area contributed by atoms with Crippen molar-refractivity contribution in [1.29, 1.82) is 0 Å². The van der Waals surface area contributed by atoms with E-state index in [9.17, 15) is 4.79 Å². The molecule has 0 bridgehead atoms. The van der Waals surface area contributed by atoms with Gasteiger partial charge >= 0.3 is 6.09 Å². The fourth-order valence-corrected chi connectivity index (χ4v) is 1.38. The molecule has 0 aliphatic rings. The van der Waals surface area contributed by atoms with Crippen molar-refractivity contribution in [1.82, 2.24) is 0 Å². The number of carbonyl (C=O) groups is 1. The molecule has 0 aliphatic carbocycles. The number of amides is 1. The molecule has 1 aromatic carbocycles. The summed E-state index contributed by atoms with van der Waals surface area (Å²) in [6.45, 7) is 2.12. The van der Waals surface area contributed by atoms with Gasteiger partial charge in [0, 0.05) is 5.69 Å². The van der Waals surface area contributed by atoms with Gasteiger partial charge in [0.25, 0.3) is 0 Å². The van der Waals surface area contributed by atoms with E-state index in [-0.39, 0.29) is 13.2 Å². The molecule has 1 aromatic rings. The predicted octanol–water partition coefficient (Wildman–Crippen LogP) is 2.28. The summed E-state index contributed by atoms with van der Waals surface area (Å²) in [6, 6.07) is 4.87. The predicted molar refractivity (Wildman–Crippen MR) is 64.7 cm³/mol. The normalized spacial score (nSPS) is 9.82. The van der Waals surface area contributed by atoms with E-state index in [1.54, 1.807) is 18.2 Å². The van der Waals surface area contributed by atoms with Crippen molar-refractivity contribution in [3.8, 4) is 5.75 Å². The summed E-state index contributed by atoms with van der Waals surface area (Å²) in [4.78, 5) is 11.2. The first-order chi connectivity index (χ1) is 8.17. The van der Waals surface area contributed by atoms with Gasteiger partial charge in [-0.3, -0.25) is 5.32 Å². The van der Waals surface area contributed by atoms with Gasteiger partial charge in [-0.05, 0) is 25.1 Å². The Hall–Kier alpha value is -1.46. The highest BCUT2D eigenvalue weighted by atomic mass is 35.5. The number of carbonyl (C=O) groups excluding carboxylic acids is 1. The zero-order valence-corrected chi connectivity index (χ0v) is 10.2. The minimum absolute atomic E-state index is 0.0450. The molecule has 94 valence electrons. The summed E-state index contributed by atoms with van der Waals surface area (Å²) in [5, 5.41) is 11.4. The van der Waals surface area contributed by atoms with Crippen molar-refractivity contribution >= 4 is 23.4 Å². The summed E-state index contributed by atoms with van der Waals surface area (Å²) >= 11 is 5.94. The molecule has 0 spiro atoms. The van der Waals surface area contributed by atoms with Gasteiger partial charge in [0.1, 0.15) is 12.4 Å². The molecule has 0 aromatic heterocycles. The van der Waals surface area contributed by atoms with E-state index in [0.29, 0.717) is 23.1 Å². The van der Waals surface area contributed by atoms with E-state index >= 15 is 0 Å². The standard InChI is InChI=1S/C11H14ClNO4/c1-2-16-10-4-3-8(7-9(10)12)13-11(15)17-6-5-14/h3-4,7,14H,2,5-6H2,1H3,(H,13,15). The van der Waals surface area contributed by atoms with Crippen molar-refractivity contribution in [2.24, 2.45) is 0 Å². The molecule has 0 fully saturated rings. The first kappa shape index (κ1) is 13.6. The second kappa shape index (κ2) is 6.98. The summed E-state index contributed by atoms with van der Waals surface area (Å²) in [5.41, 5.74) is 0.501. The molecule has 0 radical (unpaired) electrons. The maximum Gasteiger partial charge on any atom is 0.411 e. The Morgan fingerprint density at radius 3 is 2.88 bits per heavy atom. The Kier molecular flexibility index (Phi) is 5.59. The number of aliphatic hydroxyl groups is 1. The molecule has 0 saturated heterocycles. The third-order valence-electron chi connectivity index (χ3n) is 1.80. The first-order valence-electron chi connectivity index (χ1n) is 5.14. The number of anilines is 1. The summed E-state index contributed by atoms with van der Waals surface area (Å²) in [6.07, 6.45) is -0.640. The average Bonchev–Trinajstić information content (AvgIpc) is 2.30. The monoisotopic (exact) mass is 259 g/mol. The van der Waals surface area contributed by atoms with Gasteiger partial charge in [-0.15, -0.1) is 0 Å². The Bertz CT molecular complexity index is 384. The third-order valence-corrected chi connectivity index (χ3v) is 2.10. The van der Waals surface area contributed by atoms with Crippen molar-refractivity contribution in [3.05, 3.63) is 23.2 Å². The van der Waals surface area contributed by atoms with Crippen LogP contribution in [-0.2, 0) is 4.74 Å². The fourth-order valence-electron chi connectivity index (χ4n) is 1.14. The molecular formula is C11H14ClNO4. The largest absolute Gasteiger partial charge is 0.492 e. The van der Waals surface area contributed by atoms with Crippen molar-refractivity contribution in [2.75, 3.05) is 25.1 Å². The Morgan fingerprint density at radius 1 is 1.53 bits per heavy atom. The van der Waals surface area contributed by atoms with E-state index in [0.717, 1.165) is 0 Å². The molecule has 0 heterocycles. The van der Waals surface area contributed by atoms with Gasteiger partial charge in [0.2, 0.25) is 0 Å². The van der Waals surface area contributed by atoms with Crippen LogP contribution in [0.1, 0.15) is 6.92 Å². The van der Waals surface area contributed by atoms with Gasteiger partial charge in [-0.25, -0.2) is 4.79 Å². The zero-order chi connectivity index (χ0) is 12.7. The number of rotatable bonds is 5. The zero-order valence-electron chi connectivity index (χ0n) is 9.40. The molecule has 0 unspecified atom stereocenters. The molecule has 0 saturated carbocycles. The van der Waals surface area contributed by atoms with Crippen LogP contribution in [0.2, 0.25) is 5.02 Å². The number of aliphatic hydroxyl groups excluding tert-OH is 1. The van der Waals surface area contributed by atoms with E-state index in [1.807, 2.05) is 6.92 Å². The molecule has 6 heteroatoms. The van der Waals surface area contributed by atoms with E-state index in [1.165, 1.54) is 0 Å². The van der Waals surface area contributed by atoms with Gasteiger partial charge < -0.3 is 14.6 Å². The van der Waals surface area contributed by atoms with Crippen molar-refractivity contribution in [3.63, 3.8) is 0 Å². The highest BCUT2D eigenvalue weighted by molar-refractivity contribution is 6.32. The van der Waals surface area contributed by atoms with Crippen LogP contribution in [0.3, 0.4) is 0 Å². The number of hydrogen-bond acceptors (Lipinski definition) is 4. The molecule has 17 heavy (non-hydrogen) atoms. The molecule has 0 aliphatic heterocycles. The fraction of sp³-hybridized carbons (Fsp3) is 0.364. The molecular weight excluding hydrogens is 246 g/mol. The summed E-state index contributed by atoms with van der Waals surface area (Å²) in [5.74, 6) is 0.559. The quantitative estimate of drug-likeness (QED) is 0.851. The van der Waals surface area contributed by atoms with Gasteiger partial charge in [-0.1, -0.05) is 11.6 Å². The summed E-state index contributed by atoms with van der Waals surface area (Å²) < 4.78 is 9.89. The highest BCUT2D eigenvalue weighted by Crippen LogP contribution is 2.27. The lowest BCUT2D eigenvalue weighted by Crippen LogP contribution is -2.15. The highest BCUT2D eigenvalue weighted by Gasteiger charge is 2.06. The molecule has 0 atom stereocenters. The number of ether oxygens (including phenoxy) is 2. The van der Waals surface area contributed by atoms with Crippen LogP contribution in [0.5, 0.6) is 5.75 Å². The van der Waals surface area contributed by atoms with Gasteiger partial charge in [0.15, 0.2) is 0 Å². The second-order valence-electron chi connectivity index (χ2n) is 3.06.